The SMILES string of the molecule is CCNC(=NCC(C)Oc1ccccc1F)N1CCN(CC(=O)NC(C)C)CC1. The molecule has 7 nitrogen and oxygen atoms in total. The van der Waals surface area contributed by atoms with Gasteiger partial charge in [0, 0.05) is 38.8 Å². The molecule has 0 radical (unpaired) electrons. The fraction of sp³-hybridized carbons (Fsp3) is 0.619. The van der Waals surface area contributed by atoms with E-state index in [1.54, 1.807) is 18.2 Å². The summed E-state index contributed by atoms with van der Waals surface area (Å²) in [6.07, 6.45) is -0.249. The minimum atomic E-state index is -0.368. The Morgan fingerprint density at radius 2 is 1.90 bits per heavy atom. The summed E-state index contributed by atoms with van der Waals surface area (Å²) in [5.41, 5.74) is 0. The maximum absolute atomic E-state index is 13.7. The summed E-state index contributed by atoms with van der Waals surface area (Å²) in [4.78, 5) is 21.0. The van der Waals surface area contributed by atoms with Crippen molar-refractivity contribution < 1.29 is 13.9 Å². The van der Waals surface area contributed by atoms with Gasteiger partial charge in [-0.15, -0.1) is 0 Å². The minimum Gasteiger partial charge on any atom is -0.486 e. The number of carbonyl (C=O) groups is 1. The average Bonchev–Trinajstić information content (AvgIpc) is 2.67. The molecule has 1 unspecified atom stereocenters. The summed E-state index contributed by atoms with van der Waals surface area (Å²) in [6.45, 7) is 12.6. The molecule has 29 heavy (non-hydrogen) atoms. The number of para-hydroxylation sites is 1. The minimum absolute atomic E-state index is 0.0631. The maximum Gasteiger partial charge on any atom is 0.234 e. The van der Waals surface area contributed by atoms with Crippen LogP contribution in [0.4, 0.5) is 4.39 Å². The first-order chi connectivity index (χ1) is 13.9. The summed E-state index contributed by atoms with van der Waals surface area (Å²) < 4.78 is 19.4. The molecule has 8 heteroatoms. The molecule has 1 aromatic rings. The van der Waals surface area contributed by atoms with E-state index in [0.717, 1.165) is 38.7 Å². The number of aliphatic imine (C=N–C) groups is 1. The molecule has 0 spiro atoms. The van der Waals surface area contributed by atoms with Gasteiger partial charge in [-0.2, -0.15) is 0 Å². The third-order valence-electron chi connectivity index (χ3n) is 4.49. The lowest BCUT2D eigenvalue weighted by atomic mass is 10.3. The molecule has 1 saturated heterocycles. The number of guanidine groups is 1. The third-order valence-corrected chi connectivity index (χ3v) is 4.49. The van der Waals surface area contributed by atoms with Gasteiger partial charge in [-0.1, -0.05) is 12.1 Å². The molecule has 0 aliphatic carbocycles. The second-order valence-electron chi connectivity index (χ2n) is 7.54. The summed E-state index contributed by atoms with van der Waals surface area (Å²) >= 11 is 0. The summed E-state index contributed by atoms with van der Waals surface area (Å²) in [6, 6.07) is 6.55. The van der Waals surface area contributed by atoms with E-state index in [1.807, 2.05) is 27.7 Å². The zero-order valence-electron chi connectivity index (χ0n) is 17.9. The molecule has 2 rings (SSSR count). The van der Waals surface area contributed by atoms with Gasteiger partial charge in [0.2, 0.25) is 5.91 Å². The number of nitrogens with one attached hydrogen (secondary N) is 2. The molecule has 1 heterocycles. The standard InChI is InChI=1S/C21H34FN5O2/c1-5-23-21(24-14-17(4)29-19-9-7-6-8-18(19)22)27-12-10-26(11-13-27)15-20(28)25-16(2)3/h6-9,16-17H,5,10-15H2,1-4H3,(H,23,24)(H,25,28). The average molecular weight is 408 g/mol. The molecule has 1 aliphatic rings. The lowest BCUT2D eigenvalue weighted by Gasteiger charge is -2.36. The van der Waals surface area contributed by atoms with Gasteiger partial charge in [0.1, 0.15) is 6.10 Å². The van der Waals surface area contributed by atoms with Crippen LogP contribution in [0.2, 0.25) is 0 Å². The molecule has 0 saturated carbocycles. The first-order valence-electron chi connectivity index (χ1n) is 10.3. The van der Waals surface area contributed by atoms with Crippen molar-refractivity contribution in [2.24, 2.45) is 4.99 Å². The Morgan fingerprint density at radius 1 is 1.21 bits per heavy atom. The Bertz CT molecular complexity index is 675. The highest BCUT2D eigenvalue weighted by Crippen LogP contribution is 2.17. The quantitative estimate of drug-likeness (QED) is 0.507. The van der Waals surface area contributed by atoms with Crippen LogP contribution in [-0.4, -0.2) is 79.6 Å². The summed E-state index contributed by atoms with van der Waals surface area (Å²) in [5.74, 6) is 0.761. The van der Waals surface area contributed by atoms with E-state index >= 15 is 0 Å². The third kappa shape index (κ3) is 7.89. The molecule has 1 aliphatic heterocycles. The van der Waals surface area contributed by atoms with Crippen molar-refractivity contribution in [3.05, 3.63) is 30.1 Å². The molecule has 1 fully saturated rings. The highest BCUT2D eigenvalue weighted by atomic mass is 19.1. The highest BCUT2D eigenvalue weighted by molar-refractivity contribution is 5.80. The van der Waals surface area contributed by atoms with Crippen molar-refractivity contribution in [3.63, 3.8) is 0 Å². The van der Waals surface area contributed by atoms with E-state index in [-0.39, 0.29) is 29.6 Å². The number of carbonyl (C=O) groups excluding carboxylic acids is 1. The lowest BCUT2D eigenvalue weighted by molar-refractivity contribution is -0.123. The maximum atomic E-state index is 13.7. The molecular weight excluding hydrogens is 373 g/mol. The molecular formula is C21H34FN5O2. The normalized spacial score (nSPS) is 16.6. The topological polar surface area (TPSA) is 69.2 Å². The molecule has 0 aromatic heterocycles. The van der Waals surface area contributed by atoms with E-state index in [4.69, 9.17) is 4.74 Å². The van der Waals surface area contributed by atoms with E-state index in [9.17, 15) is 9.18 Å². The van der Waals surface area contributed by atoms with Crippen molar-refractivity contribution in [1.29, 1.82) is 0 Å². The smallest absolute Gasteiger partial charge is 0.234 e. The van der Waals surface area contributed by atoms with Crippen molar-refractivity contribution in [2.45, 2.75) is 39.8 Å². The van der Waals surface area contributed by atoms with E-state index in [2.05, 4.69) is 25.4 Å². The molecule has 1 aromatic carbocycles. The second kappa shape index (κ2) is 11.6. The predicted molar refractivity (Wildman–Crippen MR) is 114 cm³/mol. The molecule has 1 atom stereocenters. The number of hydrogen-bond donors (Lipinski definition) is 2. The van der Waals surface area contributed by atoms with Gasteiger partial charge in [0.25, 0.3) is 0 Å². The number of halogens is 1. The van der Waals surface area contributed by atoms with Gasteiger partial charge in [-0.05, 0) is 39.8 Å². The first-order valence-corrected chi connectivity index (χ1v) is 10.3. The fourth-order valence-electron chi connectivity index (χ4n) is 3.12. The van der Waals surface area contributed by atoms with Crippen LogP contribution < -0.4 is 15.4 Å². The van der Waals surface area contributed by atoms with Gasteiger partial charge in [-0.25, -0.2) is 9.38 Å². The molecule has 0 bridgehead atoms. The van der Waals surface area contributed by atoms with Crippen molar-refractivity contribution in [1.82, 2.24) is 20.4 Å². The Balaban J connectivity index is 1.86. The summed E-state index contributed by atoms with van der Waals surface area (Å²) in [7, 11) is 0. The van der Waals surface area contributed by atoms with Crippen LogP contribution >= 0.6 is 0 Å². The molecule has 2 N–H and O–H groups in total. The van der Waals surface area contributed by atoms with Gasteiger partial charge in [-0.3, -0.25) is 9.69 Å². The zero-order chi connectivity index (χ0) is 21.2. The highest BCUT2D eigenvalue weighted by Gasteiger charge is 2.21. The predicted octanol–water partition coefficient (Wildman–Crippen LogP) is 1.70. The Labute approximate surface area is 173 Å². The molecule has 162 valence electrons. The van der Waals surface area contributed by atoms with E-state index in [0.29, 0.717) is 13.1 Å². The van der Waals surface area contributed by atoms with Crippen LogP contribution in [-0.2, 0) is 4.79 Å². The number of nitrogens with zero attached hydrogens (tertiary/aromatic N) is 3. The zero-order valence-corrected chi connectivity index (χ0v) is 17.9. The number of rotatable bonds is 8. The monoisotopic (exact) mass is 407 g/mol. The molecule has 1 amide bonds. The number of hydrogen-bond acceptors (Lipinski definition) is 4. The van der Waals surface area contributed by atoms with Crippen LogP contribution in [0.3, 0.4) is 0 Å². The lowest BCUT2D eigenvalue weighted by Crippen LogP contribution is -2.54. The van der Waals surface area contributed by atoms with E-state index in [1.165, 1.54) is 6.07 Å². The Hall–Kier alpha value is -2.35. The van der Waals surface area contributed by atoms with Crippen molar-refractivity contribution >= 4 is 11.9 Å². The van der Waals surface area contributed by atoms with Gasteiger partial charge < -0.3 is 20.3 Å². The van der Waals surface area contributed by atoms with E-state index < -0.39 is 0 Å². The Kier molecular flexibility index (Phi) is 9.18. The van der Waals surface area contributed by atoms with Crippen molar-refractivity contribution in [2.75, 3.05) is 45.8 Å². The van der Waals surface area contributed by atoms with Crippen LogP contribution in [0.25, 0.3) is 0 Å². The second-order valence-corrected chi connectivity index (χ2v) is 7.54. The van der Waals surface area contributed by atoms with Crippen LogP contribution in [0.15, 0.2) is 29.3 Å². The number of amides is 1. The van der Waals surface area contributed by atoms with Crippen LogP contribution in [0, 0.1) is 5.82 Å². The van der Waals surface area contributed by atoms with Crippen LogP contribution in [0.5, 0.6) is 5.75 Å². The van der Waals surface area contributed by atoms with Gasteiger partial charge in [0.15, 0.2) is 17.5 Å². The number of benzene rings is 1. The first kappa shape index (κ1) is 22.9. The fourth-order valence-corrected chi connectivity index (χ4v) is 3.12. The van der Waals surface area contributed by atoms with Gasteiger partial charge in [0.05, 0.1) is 13.1 Å². The van der Waals surface area contributed by atoms with Gasteiger partial charge >= 0.3 is 0 Å². The van der Waals surface area contributed by atoms with Crippen LogP contribution in [0.1, 0.15) is 27.7 Å². The van der Waals surface area contributed by atoms with Crippen molar-refractivity contribution in [3.8, 4) is 5.75 Å². The summed E-state index contributed by atoms with van der Waals surface area (Å²) in [5, 5.41) is 6.24. The Morgan fingerprint density at radius 3 is 2.52 bits per heavy atom. The largest absolute Gasteiger partial charge is 0.486 e. The number of piperazine rings is 1. The number of ether oxygens (including phenoxy) is 1.